The fourth-order valence-corrected chi connectivity index (χ4v) is 1.16. The molecule has 0 aromatic carbocycles. The second-order valence-electron chi connectivity index (χ2n) is 2.60. The van der Waals surface area contributed by atoms with Crippen molar-refractivity contribution in [2.45, 2.75) is 0 Å². The topological polar surface area (TPSA) is 24.9 Å². The maximum absolute atomic E-state index is 4.24. The quantitative estimate of drug-likeness (QED) is 0.671. The van der Waals surface area contributed by atoms with Crippen LogP contribution in [0.25, 0.3) is 5.70 Å². The lowest BCUT2D eigenvalue weighted by molar-refractivity contribution is 0.981. The molecule has 0 saturated heterocycles. The summed E-state index contributed by atoms with van der Waals surface area (Å²) < 4.78 is 0. The Morgan fingerprint density at radius 1 is 1.33 bits per heavy atom. The van der Waals surface area contributed by atoms with Crippen molar-refractivity contribution in [3.63, 3.8) is 0 Å². The van der Waals surface area contributed by atoms with E-state index in [1.165, 1.54) is 0 Å². The third kappa shape index (κ3) is 1.37. The van der Waals surface area contributed by atoms with Gasteiger partial charge < -0.3 is 5.32 Å². The minimum atomic E-state index is 0.891. The van der Waals surface area contributed by atoms with Gasteiger partial charge in [-0.15, -0.1) is 0 Å². The van der Waals surface area contributed by atoms with E-state index in [2.05, 4.69) is 16.4 Å². The summed E-state index contributed by atoms with van der Waals surface area (Å²) in [5, 5.41) is 3.25. The zero-order valence-electron chi connectivity index (χ0n) is 6.70. The third-order valence-electron chi connectivity index (χ3n) is 1.75. The van der Waals surface area contributed by atoms with E-state index in [1.807, 2.05) is 30.4 Å². The first-order valence-electron chi connectivity index (χ1n) is 3.99. The number of allylic oxidation sites excluding steroid dienone is 2. The molecule has 1 N–H and O–H groups in total. The molecule has 0 fully saturated rings. The van der Waals surface area contributed by atoms with Gasteiger partial charge in [0.05, 0.1) is 11.4 Å². The van der Waals surface area contributed by atoms with Crippen LogP contribution in [0.5, 0.6) is 0 Å². The average Bonchev–Trinajstić information content (AvgIpc) is 2.21. The molecule has 0 aliphatic carbocycles. The van der Waals surface area contributed by atoms with Crippen LogP contribution < -0.4 is 5.32 Å². The smallest absolute Gasteiger partial charge is 0.0861 e. The normalized spacial score (nSPS) is 15.2. The molecule has 0 amide bonds. The lowest BCUT2D eigenvalue weighted by atomic mass is 10.2. The summed E-state index contributed by atoms with van der Waals surface area (Å²) in [7, 11) is 0. The number of nitrogens with one attached hydrogen (secondary N) is 1. The van der Waals surface area contributed by atoms with Crippen molar-refractivity contribution in [1.82, 2.24) is 10.3 Å². The van der Waals surface area contributed by atoms with Crippen LogP contribution in [-0.2, 0) is 0 Å². The summed E-state index contributed by atoms with van der Waals surface area (Å²) in [5.41, 5.74) is 2.10. The molecule has 0 radical (unpaired) electrons. The number of hydrogen-bond donors (Lipinski definition) is 1. The number of aromatic nitrogens is 1. The Morgan fingerprint density at radius 2 is 2.33 bits per heavy atom. The van der Waals surface area contributed by atoms with Gasteiger partial charge in [-0.25, -0.2) is 0 Å². The number of pyridine rings is 1. The monoisotopic (exact) mass is 158 g/mol. The first-order chi connectivity index (χ1) is 5.97. The van der Waals surface area contributed by atoms with E-state index in [1.54, 1.807) is 6.20 Å². The fraction of sp³-hybridized carbons (Fsp3) is 0.100. The Bertz CT molecular complexity index is 312. The second-order valence-corrected chi connectivity index (χ2v) is 2.60. The Labute approximate surface area is 71.6 Å². The van der Waals surface area contributed by atoms with Crippen LogP contribution in [-0.4, -0.2) is 11.5 Å². The van der Waals surface area contributed by atoms with Gasteiger partial charge in [0, 0.05) is 12.7 Å². The van der Waals surface area contributed by atoms with Crippen LogP contribution in [0.4, 0.5) is 0 Å². The van der Waals surface area contributed by atoms with Crippen molar-refractivity contribution in [3.8, 4) is 0 Å². The summed E-state index contributed by atoms with van der Waals surface area (Å²) in [6.07, 6.45) is 7.95. The van der Waals surface area contributed by atoms with Gasteiger partial charge in [0.2, 0.25) is 0 Å². The predicted octanol–water partition coefficient (Wildman–Crippen LogP) is 1.58. The van der Waals surface area contributed by atoms with Crippen LogP contribution in [0.1, 0.15) is 5.69 Å². The molecule has 60 valence electrons. The minimum absolute atomic E-state index is 0.891. The largest absolute Gasteiger partial charge is 0.380 e. The SMILES string of the molecule is C1=CCNC(c2ccccn2)=C1. The van der Waals surface area contributed by atoms with Gasteiger partial charge in [-0.1, -0.05) is 18.2 Å². The van der Waals surface area contributed by atoms with Gasteiger partial charge in [0.15, 0.2) is 0 Å². The van der Waals surface area contributed by atoms with Crippen molar-refractivity contribution < 1.29 is 0 Å². The van der Waals surface area contributed by atoms with Crippen LogP contribution in [0.2, 0.25) is 0 Å². The summed E-state index contributed by atoms with van der Waals surface area (Å²) >= 11 is 0. The number of hydrogen-bond acceptors (Lipinski definition) is 2. The average molecular weight is 158 g/mol. The molecule has 0 atom stereocenters. The molecule has 1 aliphatic rings. The maximum Gasteiger partial charge on any atom is 0.0861 e. The molecular formula is C10H10N2. The Kier molecular flexibility index (Phi) is 1.90. The summed E-state index contributed by atoms with van der Waals surface area (Å²) in [6.45, 7) is 0.891. The highest BCUT2D eigenvalue weighted by Gasteiger charge is 2.00. The van der Waals surface area contributed by atoms with Crippen LogP contribution in [0.15, 0.2) is 42.6 Å². The van der Waals surface area contributed by atoms with Crippen LogP contribution in [0.3, 0.4) is 0 Å². The molecule has 2 rings (SSSR count). The Morgan fingerprint density at radius 3 is 3.00 bits per heavy atom. The lowest BCUT2D eigenvalue weighted by Gasteiger charge is -2.10. The molecule has 0 bridgehead atoms. The lowest BCUT2D eigenvalue weighted by Crippen LogP contribution is -2.14. The fourth-order valence-electron chi connectivity index (χ4n) is 1.16. The van der Waals surface area contributed by atoms with Crippen LogP contribution >= 0.6 is 0 Å². The molecule has 1 aliphatic heterocycles. The van der Waals surface area contributed by atoms with Crippen molar-refractivity contribution in [1.29, 1.82) is 0 Å². The molecule has 1 aromatic heterocycles. The standard InChI is InChI=1S/C10H10N2/c1-3-7-11-9(5-1)10-6-2-4-8-12-10/h1-7,12H,8H2. The van der Waals surface area contributed by atoms with Gasteiger partial charge in [-0.3, -0.25) is 4.98 Å². The zero-order chi connectivity index (χ0) is 8.23. The summed E-state index contributed by atoms with van der Waals surface area (Å²) in [6, 6.07) is 5.91. The van der Waals surface area contributed by atoms with E-state index in [-0.39, 0.29) is 0 Å². The molecule has 2 heteroatoms. The molecule has 0 saturated carbocycles. The minimum Gasteiger partial charge on any atom is -0.380 e. The Balaban J connectivity index is 2.31. The van der Waals surface area contributed by atoms with E-state index in [4.69, 9.17) is 0 Å². The van der Waals surface area contributed by atoms with Gasteiger partial charge in [-0.05, 0) is 18.2 Å². The van der Waals surface area contributed by atoms with Crippen molar-refractivity contribution in [2.24, 2.45) is 0 Å². The number of rotatable bonds is 1. The van der Waals surface area contributed by atoms with E-state index in [9.17, 15) is 0 Å². The zero-order valence-corrected chi connectivity index (χ0v) is 6.70. The van der Waals surface area contributed by atoms with Crippen LogP contribution in [0, 0.1) is 0 Å². The van der Waals surface area contributed by atoms with E-state index < -0.39 is 0 Å². The molecule has 12 heavy (non-hydrogen) atoms. The number of nitrogens with zero attached hydrogens (tertiary/aromatic N) is 1. The highest BCUT2D eigenvalue weighted by Crippen LogP contribution is 2.09. The van der Waals surface area contributed by atoms with Crippen molar-refractivity contribution in [3.05, 3.63) is 48.3 Å². The second kappa shape index (κ2) is 3.22. The van der Waals surface area contributed by atoms with Crippen molar-refractivity contribution >= 4 is 5.70 Å². The molecule has 2 heterocycles. The van der Waals surface area contributed by atoms with Gasteiger partial charge in [0.25, 0.3) is 0 Å². The molecule has 2 nitrogen and oxygen atoms in total. The van der Waals surface area contributed by atoms with Crippen molar-refractivity contribution in [2.75, 3.05) is 6.54 Å². The highest BCUT2D eigenvalue weighted by atomic mass is 14.9. The molecule has 0 unspecified atom stereocenters. The van der Waals surface area contributed by atoms with Gasteiger partial charge in [-0.2, -0.15) is 0 Å². The highest BCUT2D eigenvalue weighted by molar-refractivity contribution is 5.63. The molecule has 1 aromatic rings. The molecule has 0 spiro atoms. The van der Waals surface area contributed by atoms with Gasteiger partial charge >= 0.3 is 0 Å². The van der Waals surface area contributed by atoms with E-state index >= 15 is 0 Å². The van der Waals surface area contributed by atoms with E-state index in [0.29, 0.717) is 0 Å². The van der Waals surface area contributed by atoms with Gasteiger partial charge in [0.1, 0.15) is 0 Å². The Hall–Kier alpha value is -1.57. The maximum atomic E-state index is 4.24. The predicted molar refractivity (Wildman–Crippen MR) is 49.4 cm³/mol. The first-order valence-corrected chi connectivity index (χ1v) is 3.99. The first kappa shape index (κ1) is 7.10. The summed E-state index contributed by atoms with van der Waals surface area (Å²) in [5.74, 6) is 0. The van der Waals surface area contributed by atoms with E-state index in [0.717, 1.165) is 17.9 Å². The molecular weight excluding hydrogens is 148 g/mol. The summed E-state index contributed by atoms with van der Waals surface area (Å²) in [4.78, 5) is 4.24. The number of dihydropyridines is 1. The third-order valence-corrected chi connectivity index (χ3v) is 1.75.